The van der Waals surface area contributed by atoms with E-state index in [1.807, 2.05) is 0 Å². The van der Waals surface area contributed by atoms with Gasteiger partial charge in [-0.3, -0.25) is 19.1 Å². The van der Waals surface area contributed by atoms with E-state index < -0.39 is 48.2 Å². The molecule has 3 rings (SSSR count). The fourth-order valence-corrected chi connectivity index (χ4v) is 2.88. The maximum absolute atomic E-state index is 12.3. The van der Waals surface area contributed by atoms with Gasteiger partial charge in [0.1, 0.15) is 11.6 Å². The Kier molecular flexibility index (Phi) is 3.87. The van der Waals surface area contributed by atoms with E-state index in [4.69, 9.17) is 10.5 Å². The summed E-state index contributed by atoms with van der Waals surface area (Å²) in [5.41, 5.74) is 2.30. The van der Waals surface area contributed by atoms with E-state index in [1.165, 1.54) is 4.57 Å². The van der Waals surface area contributed by atoms with E-state index in [1.54, 1.807) is 6.92 Å². The topological polar surface area (TPSA) is 177 Å². The van der Waals surface area contributed by atoms with Crippen molar-refractivity contribution in [3.05, 3.63) is 27.0 Å². The molecule has 2 aromatic heterocycles. The Labute approximate surface area is 134 Å². The molecule has 0 amide bonds. The van der Waals surface area contributed by atoms with Crippen LogP contribution in [-0.2, 0) is 4.74 Å². The van der Waals surface area contributed by atoms with Crippen molar-refractivity contribution in [2.24, 2.45) is 5.41 Å². The number of fused-ring (bicyclic) bond motifs is 1. The van der Waals surface area contributed by atoms with Gasteiger partial charge >= 0.3 is 5.56 Å². The lowest BCUT2D eigenvalue weighted by Gasteiger charge is -2.29. The van der Waals surface area contributed by atoms with E-state index in [2.05, 4.69) is 15.0 Å². The molecule has 0 radical (unpaired) electrons. The molecule has 2 aromatic rings. The highest BCUT2D eigenvalue weighted by Crippen LogP contribution is 2.43. The molecule has 24 heavy (non-hydrogen) atoms. The molecule has 0 aliphatic carbocycles. The minimum absolute atomic E-state index is 0.174. The van der Waals surface area contributed by atoms with Gasteiger partial charge in [0.05, 0.1) is 25.6 Å². The van der Waals surface area contributed by atoms with E-state index in [0.29, 0.717) is 0 Å². The number of H-pyrrole nitrogens is 1. The maximum Gasteiger partial charge on any atom is 0.301 e. The first kappa shape index (κ1) is 16.5. The normalized spacial score (nSPS) is 30.1. The van der Waals surface area contributed by atoms with Crippen LogP contribution in [0.1, 0.15) is 13.2 Å². The summed E-state index contributed by atoms with van der Waals surface area (Å²) in [4.78, 5) is 33.8. The first-order chi connectivity index (χ1) is 11.3. The molecule has 11 nitrogen and oxygen atoms in total. The van der Waals surface area contributed by atoms with Gasteiger partial charge in [-0.15, -0.1) is 0 Å². The fraction of sp³-hybridized carbons (Fsp3) is 0.538. The molecule has 1 unspecified atom stereocenters. The van der Waals surface area contributed by atoms with Crippen LogP contribution in [-0.4, -0.2) is 60.3 Å². The Morgan fingerprint density at radius 2 is 2.17 bits per heavy atom. The fourth-order valence-electron chi connectivity index (χ4n) is 2.88. The predicted octanol–water partition coefficient (Wildman–Crippen LogP) is -2.69. The molecule has 0 aromatic carbocycles. The van der Waals surface area contributed by atoms with Crippen molar-refractivity contribution in [3.8, 4) is 0 Å². The molecule has 1 saturated heterocycles. The van der Waals surface area contributed by atoms with Gasteiger partial charge in [0.15, 0.2) is 11.7 Å². The van der Waals surface area contributed by atoms with Crippen LogP contribution < -0.4 is 16.9 Å². The molecule has 0 bridgehead atoms. The van der Waals surface area contributed by atoms with Crippen LogP contribution >= 0.6 is 0 Å². The van der Waals surface area contributed by atoms with Crippen molar-refractivity contribution in [1.82, 2.24) is 19.5 Å². The lowest BCUT2D eigenvalue weighted by molar-refractivity contribution is -0.0537. The Hall–Kier alpha value is -2.34. The third kappa shape index (κ3) is 2.21. The number of nitrogens with one attached hydrogen (secondary N) is 1. The van der Waals surface area contributed by atoms with Crippen molar-refractivity contribution in [2.75, 3.05) is 18.9 Å². The van der Waals surface area contributed by atoms with Gasteiger partial charge < -0.3 is 25.8 Å². The summed E-state index contributed by atoms with van der Waals surface area (Å²) in [5.74, 6) is -0.365. The van der Waals surface area contributed by atoms with E-state index in [-0.39, 0.29) is 17.0 Å². The lowest BCUT2D eigenvalue weighted by atomic mass is 9.81. The largest absolute Gasteiger partial charge is 0.396 e. The summed E-state index contributed by atoms with van der Waals surface area (Å²) >= 11 is 0. The van der Waals surface area contributed by atoms with Gasteiger partial charge in [-0.05, 0) is 0 Å². The van der Waals surface area contributed by atoms with Gasteiger partial charge in [-0.1, -0.05) is 6.92 Å². The minimum atomic E-state index is -1.26. The second-order valence-electron chi connectivity index (χ2n) is 5.91. The number of nitrogen functional groups attached to an aromatic ring is 1. The van der Waals surface area contributed by atoms with Crippen LogP contribution in [0.15, 0.2) is 15.9 Å². The summed E-state index contributed by atoms with van der Waals surface area (Å²) in [6, 6.07) is 0. The second kappa shape index (κ2) is 5.63. The average molecular weight is 339 g/mol. The molecule has 130 valence electrons. The minimum Gasteiger partial charge on any atom is -0.396 e. The summed E-state index contributed by atoms with van der Waals surface area (Å²) in [6.07, 6.45) is -2.10. The number of aromatic amines is 1. The van der Waals surface area contributed by atoms with Crippen LogP contribution in [0.5, 0.6) is 0 Å². The highest BCUT2D eigenvalue weighted by atomic mass is 16.5. The third-order valence-corrected chi connectivity index (χ3v) is 4.44. The molecule has 11 heteroatoms. The Bertz CT molecular complexity index is 895. The van der Waals surface area contributed by atoms with Gasteiger partial charge in [0.25, 0.3) is 5.56 Å². The first-order valence-corrected chi connectivity index (χ1v) is 7.15. The standard InChI is InChI=1S/C13H17N5O6/c1-13(3-20)5(2-19)24-11(8(13)21)18-4-15-6-7(18)10(23)17-12(14)16-9(6)22/h4-5,8,11,19-21H,2-3H2,1H3,(H3,14,16,17,22,23)/t5-,8?,11-,13+/m1/s1. The quantitative estimate of drug-likeness (QED) is 0.398. The Morgan fingerprint density at radius 1 is 1.46 bits per heavy atom. The van der Waals surface area contributed by atoms with Gasteiger partial charge in [0, 0.05) is 5.41 Å². The Morgan fingerprint density at radius 3 is 2.75 bits per heavy atom. The highest BCUT2D eigenvalue weighted by molar-refractivity contribution is 5.72. The van der Waals surface area contributed by atoms with Crippen LogP contribution in [0.2, 0.25) is 0 Å². The molecule has 0 spiro atoms. The van der Waals surface area contributed by atoms with Crippen molar-refractivity contribution in [2.45, 2.75) is 25.4 Å². The molecule has 1 aliphatic heterocycles. The Balaban J connectivity index is 2.22. The van der Waals surface area contributed by atoms with E-state index in [9.17, 15) is 24.9 Å². The number of hydrogen-bond donors (Lipinski definition) is 5. The van der Waals surface area contributed by atoms with Crippen molar-refractivity contribution >= 4 is 17.0 Å². The summed E-state index contributed by atoms with van der Waals surface area (Å²) in [6.45, 7) is 0.650. The third-order valence-electron chi connectivity index (χ3n) is 4.44. The summed E-state index contributed by atoms with van der Waals surface area (Å²) in [5, 5.41) is 29.6. The van der Waals surface area contributed by atoms with Crippen molar-refractivity contribution < 1.29 is 20.1 Å². The lowest BCUT2D eigenvalue weighted by Crippen LogP contribution is -2.42. The first-order valence-electron chi connectivity index (χ1n) is 7.15. The van der Waals surface area contributed by atoms with Crippen LogP contribution in [0.25, 0.3) is 11.0 Å². The number of nitrogens with two attached hydrogens (primary N) is 1. The van der Waals surface area contributed by atoms with E-state index in [0.717, 1.165) is 6.33 Å². The zero-order valence-electron chi connectivity index (χ0n) is 12.7. The van der Waals surface area contributed by atoms with Crippen LogP contribution in [0.3, 0.4) is 0 Å². The maximum atomic E-state index is 12.3. The van der Waals surface area contributed by atoms with Gasteiger partial charge in [-0.2, -0.15) is 4.98 Å². The van der Waals surface area contributed by atoms with Crippen LogP contribution in [0, 0.1) is 5.41 Å². The molecule has 1 aliphatic rings. The second-order valence-corrected chi connectivity index (χ2v) is 5.91. The molecule has 3 heterocycles. The smallest absolute Gasteiger partial charge is 0.301 e. The summed E-state index contributed by atoms with van der Waals surface area (Å²) in [7, 11) is 0. The van der Waals surface area contributed by atoms with Crippen molar-refractivity contribution in [3.63, 3.8) is 0 Å². The number of nitrogens with zero attached hydrogens (tertiary/aromatic N) is 3. The number of aromatic nitrogens is 4. The molecular formula is C13H17N5O6. The molecule has 6 N–H and O–H groups in total. The number of aliphatic hydroxyl groups is 3. The van der Waals surface area contributed by atoms with Gasteiger partial charge in [0.2, 0.25) is 5.95 Å². The summed E-state index contributed by atoms with van der Waals surface area (Å²) < 4.78 is 6.77. The molecule has 4 atom stereocenters. The van der Waals surface area contributed by atoms with Gasteiger partial charge in [-0.25, -0.2) is 4.98 Å². The molecular weight excluding hydrogens is 322 g/mol. The zero-order chi connectivity index (χ0) is 17.6. The SMILES string of the molecule is C[C@@]1(CO)C(O)[C@H](n2cnc3c(=O)nc(N)[nH]c(=O)c32)O[C@@H]1CO. The van der Waals surface area contributed by atoms with Crippen LogP contribution in [0.4, 0.5) is 5.95 Å². The molecule has 0 saturated carbocycles. The number of aliphatic hydroxyl groups excluding tert-OH is 3. The number of imidazole rings is 1. The average Bonchev–Trinajstić information content (AvgIpc) is 3.05. The van der Waals surface area contributed by atoms with Crippen molar-refractivity contribution in [1.29, 1.82) is 0 Å². The highest BCUT2D eigenvalue weighted by Gasteiger charge is 2.53. The number of ether oxygens (including phenoxy) is 1. The number of rotatable bonds is 3. The van der Waals surface area contributed by atoms with E-state index >= 15 is 0 Å². The number of anilines is 1. The number of hydrogen-bond acceptors (Lipinski definition) is 9. The molecule has 1 fully saturated rings. The predicted molar refractivity (Wildman–Crippen MR) is 81.0 cm³/mol. The zero-order valence-corrected chi connectivity index (χ0v) is 12.7. The monoisotopic (exact) mass is 339 g/mol.